The van der Waals surface area contributed by atoms with Gasteiger partial charge in [0.05, 0.1) is 0 Å². The average molecular weight is 294 g/mol. The van der Waals surface area contributed by atoms with Gasteiger partial charge in [-0.1, -0.05) is 6.07 Å². The quantitative estimate of drug-likeness (QED) is 0.457. The molecule has 1 heterocycles. The number of carbonyl (C=O) groups excluding carboxylic acids is 1. The van der Waals surface area contributed by atoms with Gasteiger partial charge in [0.2, 0.25) is 0 Å². The van der Waals surface area contributed by atoms with Gasteiger partial charge in [-0.3, -0.25) is 4.79 Å². The van der Waals surface area contributed by atoms with Crippen molar-refractivity contribution < 1.29 is 9.90 Å². The SMILES string of the molecule is Cc1cccc(N/C=C(/C#N)C(=O)Nc2ccc(O)cc2)n1. The molecule has 110 valence electrons. The zero-order valence-electron chi connectivity index (χ0n) is 11.9. The Hall–Kier alpha value is -3.33. The van der Waals surface area contributed by atoms with Gasteiger partial charge in [0, 0.05) is 17.6 Å². The van der Waals surface area contributed by atoms with E-state index in [2.05, 4.69) is 15.6 Å². The molecule has 6 heteroatoms. The Kier molecular flexibility index (Phi) is 4.73. The van der Waals surface area contributed by atoms with E-state index in [4.69, 9.17) is 5.26 Å². The molecule has 1 amide bonds. The van der Waals surface area contributed by atoms with Crippen LogP contribution in [0, 0.1) is 18.3 Å². The van der Waals surface area contributed by atoms with Gasteiger partial charge in [-0.2, -0.15) is 5.26 Å². The van der Waals surface area contributed by atoms with Gasteiger partial charge in [-0.15, -0.1) is 0 Å². The summed E-state index contributed by atoms with van der Waals surface area (Å²) in [5.41, 5.74) is 1.22. The third kappa shape index (κ3) is 4.08. The number of rotatable bonds is 4. The van der Waals surface area contributed by atoms with Crippen LogP contribution in [0.4, 0.5) is 11.5 Å². The average Bonchev–Trinajstić information content (AvgIpc) is 2.50. The summed E-state index contributed by atoms with van der Waals surface area (Å²) in [6.45, 7) is 1.84. The van der Waals surface area contributed by atoms with Crippen molar-refractivity contribution >= 4 is 17.4 Å². The van der Waals surface area contributed by atoms with Crippen molar-refractivity contribution in [1.29, 1.82) is 5.26 Å². The van der Waals surface area contributed by atoms with Crippen LogP contribution in [0.5, 0.6) is 5.75 Å². The molecule has 0 aliphatic heterocycles. The summed E-state index contributed by atoms with van der Waals surface area (Å²) in [5, 5.41) is 23.6. The van der Waals surface area contributed by atoms with Crippen molar-refractivity contribution in [2.45, 2.75) is 6.92 Å². The third-order valence-electron chi connectivity index (χ3n) is 2.74. The minimum Gasteiger partial charge on any atom is -0.508 e. The third-order valence-corrected chi connectivity index (χ3v) is 2.74. The van der Waals surface area contributed by atoms with E-state index in [1.807, 2.05) is 25.1 Å². The van der Waals surface area contributed by atoms with E-state index in [1.165, 1.54) is 30.5 Å². The molecule has 0 unspecified atom stereocenters. The zero-order chi connectivity index (χ0) is 15.9. The molecule has 0 bridgehead atoms. The Bertz CT molecular complexity index is 745. The number of aryl methyl sites for hydroxylation is 1. The van der Waals surface area contributed by atoms with Crippen LogP contribution in [-0.4, -0.2) is 16.0 Å². The molecule has 22 heavy (non-hydrogen) atoms. The summed E-state index contributed by atoms with van der Waals surface area (Å²) in [6.07, 6.45) is 1.30. The van der Waals surface area contributed by atoms with Gasteiger partial charge in [0.1, 0.15) is 23.2 Å². The molecule has 1 aromatic heterocycles. The number of aromatic nitrogens is 1. The minimum atomic E-state index is -0.548. The van der Waals surface area contributed by atoms with Crippen molar-refractivity contribution in [2.75, 3.05) is 10.6 Å². The lowest BCUT2D eigenvalue weighted by Crippen LogP contribution is -2.14. The minimum absolute atomic E-state index is 0.0867. The van der Waals surface area contributed by atoms with Gasteiger partial charge in [-0.25, -0.2) is 4.98 Å². The molecular weight excluding hydrogens is 280 g/mol. The summed E-state index contributed by atoms with van der Waals surface area (Å²) in [6, 6.07) is 13.2. The Morgan fingerprint density at radius 2 is 2.00 bits per heavy atom. The largest absolute Gasteiger partial charge is 0.508 e. The lowest BCUT2D eigenvalue weighted by atomic mass is 10.2. The van der Waals surface area contributed by atoms with Crippen LogP contribution >= 0.6 is 0 Å². The monoisotopic (exact) mass is 294 g/mol. The Balaban J connectivity index is 2.07. The maximum Gasteiger partial charge on any atom is 0.267 e. The predicted octanol–water partition coefficient (Wildman–Crippen LogP) is 2.55. The Morgan fingerprint density at radius 1 is 1.27 bits per heavy atom. The first-order valence-corrected chi connectivity index (χ1v) is 6.49. The van der Waals surface area contributed by atoms with Crippen LogP contribution in [-0.2, 0) is 4.79 Å². The standard InChI is InChI=1S/C16H14N4O2/c1-11-3-2-4-15(19-11)18-10-12(9-17)16(22)20-13-5-7-14(21)8-6-13/h2-8,10,21H,1H3,(H,18,19)(H,20,22)/b12-10-. The molecule has 0 atom stereocenters. The summed E-state index contributed by atoms with van der Waals surface area (Å²) in [7, 11) is 0. The van der Waals surface area contributed by atoms with Crippen LogP contribution in [0.15, 0.2) is 54.2 Å². The second-order valence-electron chi connectivity index (χ2n) is 4.48. The highest BCUT2D eigenvalue weighted by atomic mass is 16.3. The summed E-state index contributed by atoms with van der Waals surface area (Å²) in [4.78, 5) is 16.2. The normalized spacial score (nSPS) is 10.6. The molecule has 0 spiro atoms. The predicted molar refractivity (Wildman–Crippen MR) is 83.0 cm³/mol. The highest BCUT2D eigenvalue weighted by Crippen LogP contribution is 2.14. The fourth-order valence-corrected chi connectivity index (χ4v) is 1.66. The van der Waals surface area contributed by atoms with Gasteiger partial charge in [-0.05, 0) is 43.3 Å². The number of nitrogens with zero attached hydrogens (tertiary/aromatic N) is 2. The molecule has 0 radical (unpaired) electrons. The van der Waals surface area contributed by atoms with Crippen LogP contribution in [0.25, 0.3) is 0 Å². The zero-order valence-corrected chi connectivity index (χ0v) is 11.9. The van der Waals surface area contributed by atoms with Gasteiger partial charge >= 0.3 is 0 Å². The van der Waals surface area contributed by atoms with Crippen molar-refractivity contribution in [3.05, 3.63) is 59.9 Å². The second-order valence-corrected chi connectivity index (χ2v) is 4.48. The molecule has 1 aromatic carbocycles. The van der Waals surface area contributed by atoms with Crippen LogP contribution < -0.4 is 10.6 Å². The lowest BCUT2D eigenvalue weighted by molar-refractivity contribution is -0.112. The van der Waals surface area contributed by atoms with E-state index in [1.54, 1.807) is 6.07 Å². The Morgan fingerprint density at radius 3 is 2.64 bits per heavy atom. The van der Waals surface area contributed by atoms with Crippen LogP contribution in [0.2, 0.25) is 0 Å². The molecule has 0 aliphatic carbocycles. The number of benzene rings is 1. The number of pyridine rings is 1. The molecule has 2 aromatic rings. The van der Waals surface area contributed by atoms with E-state index in [-0.39, 0.29) is 11.3 Å². The number of aromatic hydroxyl groups is 1. The number of nitrogens with one attached hydrogen (secondary N) is 2. The molecule has 0 fully saturated rings. The number of phenols is 1. The summed E-state index contributed by atoms with van der Waals surface area (Å²) >= 11 is 0. The fourth-order valence-electron chi connectivity index (χ4n) is 1.66. The van der Waals surface area contributed by atoms with E-state index in [0.717, 1.165) is 5.69 Å². The summed E-state index contributed by atoms with van der Waals surface area (Å²) < 4.78 is 0. The lowest BCUT2D eigenvalue weighted by Gasteiger charge is -2.05. The molecule has 2 rings (SSSR count). The second kappa shape index (κ2) is 6.90. The van der Waals surface area contributed by atoms with E-state index in [0.29, 0.717) is 11.5 Å². The highest BCUT2D eigenvalue weighted by Gasteiger charge is 2.09. The van der Waals surface area contributed by atoms with Gasteiger partial charge in [0.25, 0.3) is 5.91 Å². The van der Waals surface area contributed by atoms with Crippen LogP contribution in [0.1, 0.15) is 5.69 Å². The van der Waals surface area contributed by atoms with Crippen molar-refractivity contribution in [3.8, 4) is 11.8 Å². The van der Waals surface area contributed by atoms with Crippen molar-refractivity contribution in [1.82, 2.24) is 4.98 Å². The molecule has 3 N–H and O–H groups in total. The molecular formula is C16H14N4O2. The Labute approximate surface area is 127 Å². The van der Waals surface area contributed by atoms with E-state index in [9.17, 15) is 9.90 Å². The first-order valence-electron chi connectivity index (χ1n) is 6.49. The number of amides is 1. The molecule has 6 nitrogen and oxygen atoms in total. The number of hydrogen-bond acceptors (Lipinski definition) is 5. The van der Waals surface area contributed by atoms with Crippen molar-refractivity contribution in [2.24, 2.45) is 0 Å². The first kappa shape index (κ1) is 15.1. The smallest absolute Gasteiger partial charge is 0.267 e. The number of hydrogen-bond donors (Lipinski definition) is 3. The first-order chi connectivity index (χ1) is 10.6. The maximum atomic E-state index is 12.0. The van der Waals surface area contributed by atoms with E-state index >= 15 is 0 Å². The van der Waals surface area contributed by atoms with Crippen LogP contribution in [0.3, 0.4) is 0 Å². The number of anilines is 2. The van der Waals surface area contributed by atoms with Gasteiger partial charge < -0.3 is 15.7 Å². The van der Waals surface area contributed by atoms with Crippen molar-refractivity contribution in [3.63, 3.8) is 0 Å². The number of nitriles is 1. The van der Waals surface area contributed by atoms with Gasteiger partial charge in [0.15, 0.2) is 0 Å². The molecule has 0 saturated carbocycles. The topological polar surface area (TPSA) is 98.0 Å². The molecule has 0 aliphatic rings. The maximum absolute atomic E-state index is 12.0. The molecule has 0 saturated heterocycles. The highest BCUT2D eigenvalue weighted by molar-refractivity contribution is 6.06. The fraction of sp³-hybridized carbons (Fsp3) is 0.0625. The number of phenolic OH excluding ortho intramolecular Hbond substituents is 1. The number of carbonyl (C=O) groups is 1. The summed E-state index contributed by atoms with van der Waals surface area (Å²) in [5.74, 6) is 0.0970. The van der Waals surface area contributed by atoms with E-state index < -0.39 is 5.91 Å².